The molecule has 24 heavy (non-hydrogen) atoms. The summed E-state index contributed by atoms with van der Waals surface area (Å²) in [7, 11) is -2.09. The highest BCUT2D eigenvalue weighted by Gasteiger charge is 2.49. The van der Waals surface area contributed by atoms with Gasteiger partial charge in [-0.05, 0) is 5.56 Å². The number of nitrogens with zero attached hydrogens (tertiary/aromatic N) is 1. The van der Waals surface area contributed by atoms with Crippen LogP contribution in [0.2, 0.25) is 0 Å². The van der Waals surface area contributed by atoms with Gasteiger partial charge in [0, 0.05) is 6.54 Å². The summed E-state index contributed by atoms with van der Waals surface area (Å²) < 4.78 is 33.7. The number of morpholine rings is 1. The molecule has 8 heteroatoms. The van der Waals surface area contributed by atoms with Crippen LogP contribution >= 0.6 is 0 Å². The lowest BCUT2D eigenvalue weighted by atomic mass is 10.1. The number of esters is 2. The number of carbonyl (C=O) groups is 2. The maximum atomic E-state index is 12.3. The van der Waals surface area contributed by atoms with Crippen LogP contribution < -0.4 is 0 Å². The van der Waals surface area contributed by atoms with Crippen LogP contribution in [-0.2, 0) is 35.4 Å². The Hall–Kier alpha value is -2.35. The van der Waals surface area contributed by atoms with E-state index in [4.69, 9.17) is 4.74 Å². The van der Waals surface area contributed by atoms with E-state index in [0.717, 1.165) is 11.6 Å². The van der Waals surface area contributed by atoms with Crippen molar-refractivity contribution in [1.29, 1.82) is 0 Å². The third-order valence-electron chi connectivity index (χ3n) is 4.10. The minimum Gasteiger partial charge on any atom is -0.466 e. The van der Waals surface area contributed by atoms with Gasteiger partial charge in [-0.15, -0.1) is 0 Å². The van der Waals surface area contributed by atoms with E-state index in [2.05, 4.69) is 4.74 Å². The van der Waals surface area contributed by atoms with Crippen LogP contribution in [0.4, 0.5) is 0 Å². The Morgan fingerprint density at radius 3 is 2.71 bits per heavy atom. The number of rotatable bonds is 3. The Bertz CT molecular complexity index is 786. The summed E-state index contributed by atoms with van der Waals surface area (Å²) >= 11 is 0. The van der Waals surface area contributed by atoms with Crippen molar-refractivity contribution in [3.05, 3.63) is 47.7 Å². The molecule has 0 spiro atoms. The number of methoxy groups -OCH3 is 1. The molecule has 2 unspecified atom stereocenters. The van der Waals surface area contributed by atoms with E-state index in [9.17, 15) is 18.0 Å². The first kappa shape index (κ1) is 16.5. The van der Waals surface area contributed by atoms with Gasteiger partial charge in [0.1, 0.15) is 11.8 Å². The number of fused-ring (bicyclic) bond motifs is 1. The first-order valence-corrected chi connectivity index (χ1v) is 9.23. The van der Waals surface area contributed by atoms with Crippen molar-refractivity contribution in [1.82, 2.24) is 4.90 Å². The fourth-order valence-electron chi connectivity index (χ4n) is 2.99. The molecule has 2 heterocycles. The average molecular weight is 351 g/mol. The summed E-state index contributed by atoms with van der Waals surface area (Å²) in [5.74, 6) is -1.72. The number of sulfone groups is 1. The molecule has 3 rings (SSSR count). The molecular weight excluding hydrogens is 334 g/mol. The second-order valence-corrected chi connectivity index (χ2v) is 7.91. The van der Waals surface area contributed by atoms with Gasteiger partial charge >= 0.3 is 11.9 Å². The van der Waals surface area contributed by atoms with Crippen molar-refractivity contribution in [3.63, 3.8) is 0 Å². The Labute approximate surface area is 139 Å². The molecule has 7 nitrogen and oxygen atoms in total. The maximum Gasteiger partial charge on any atom is 0.355 e. The Morgan fingerprint density at radius 2 is 2.04 bits per heavy atom. The highest BCUT2D eigenvalue weighted by atomic mass is 32.2. The van der Waals surface area contributed by atoms with Crippen LogP contribution in [0.3, 0.4) is 0 Å². The first-order chi connectivity index (χ1) is 11.4. The maximum absolute atomic E-state index is 12.3. The molecule has 2 fully saturated rings. The topological polar surface area (TPSA) is 90.0 Å². The fraction of sp³-hybridized carbons (Fsp3) is 0.375. The molecule has 128 valence electrons. The van der Waals surface area contributed by atoms with Gasteiger partial charge in [-0.2, -0.15) is 0 Å². The molecule has 2 aliphatic rings. The van der Waals surface area contributed by atoms with E-state index in [1.807, 2.05) is 30.3 Å². The van der Waals surface area contributed by atoms with E-state index in [-0.39, 0.29) is 17.2 Å². The molecule has 0 saturated carbocycles. The first-order valence-electron chi connectivity index (χ1n) is 7.41. The largest absolute Gasteiger partial charge is 0.466 e. The lowest BCUT2D eigenvalue weighted by Crippen LogP contribution is -2.51. The molecule has 0 bridgehead atoms. The van der Waals surface area contributed by atoms with E-state index in [0.29, 0.717) is 6.54 Å². The highest BCUT2D eigenvalue weighted by molar-refractivity contribution is 7.91. The number of hydrogen-bond acceptors (Lipinski definition) is 7. The van der Waals surface area contributed by atoms with Crippen LogP contribution in [0.1, 0.15) is 5.56 Å². The summed E-state index contributed by atoms with van der Waals surface area (Å²) in [6.45, 7) is 0.301. The molecule has 0 aliphatic carbocycles. The van der Waals surface area contributed by atoms with Crippen molar-refractivity contribution in [2.24, 2.45) is 0 Å². The monoisotopic (exact) mass is 351 g/mol. The summed E-state index contributed by atoms with van der Waals surface area (Å²) in [4.78, 5) is 25.5. The van der Waals surface area contributed by atoms with Gasteiger partial charge in [0.2, 0.25) is 0 Å². The van der Waals surface area contributed by atoms with Gasteiger partial charge < -0.3 is 14.4 Å². The van der Waals surface area contributed by atoms with E-state index in [1.54, 1.807) is 4.90 Å². The molecule has 0 aromatic heterocycles. The van der Waals surface area contributed by atoms with Crippen LogP contribution in [-0.4, -0.2) is 56.0 Å². The van der Waals surface area contributed by atoms with Gasteiger partial charge in [0.25, 0.3) is 0 Å². The van der Waals surface area contributed by atoms with Gasteiger partial charge in [0.15, 0.2) is 9.84 Å². The normalized spacial score (nSPS) is 26.8. The quantitative estimate of drug-likeness (QED) is 0.570. The zero-order valence-corrected chi connectivity index (χ0v) is 13.9. The molecule has 0 radical (unpaired) electrons. The molecule has 1 aromatic rings. The molecule has 2 aliphatic heterocycles. The van der Waals surface area contributed by atoms with Crippen LogP contribution in [0.5, 0.6) is 0 Å². The van der Waals surface area contributed by atoms with E-state index in [1.165, 1.54) is 7.11 Å². The fourth-order valence-corrected chi connectivity index (χ4v) is 4.83. The third-order valence-corrected chi connectivity index (χ3v) is 5.79. The highest BCUT2D eigenvalue weighted by Crippen LogP contribution is 2.31. The number of hydrogen-bond donors (Lipinski definition) is 0. The zero-order chi connectivity index (χ0) is 17.3. The number of carbonyl (C=O) groups excluding carboxylic acids is 2. The molecule has 0 N–H and O–H groups in total. The predicted molar refractivity (Wildman–Crippen MR) is 84.4 cm³/mol. The van der Waals surface area contributed by atoms with Crippen molar-refractivity contribution in [2.75, 3.05) is 18.6 Å². The van der Waals surface area contributed by atoms with Gasteiger partial charge in [-0.3, -0.25) is 0 Å². The molecule has 0 amide bonds. The minimum atomic E-state index is -3.30. The van der Waals surface area contributed by atoms with Crippen molar-refractivity contribution in [2.45, 2.75) is 18.7 Å². The van der Waals surface area contributed by atoms with Crippen molar-refractivity contribution in [3.8, 4) is 0 Å². The summed E-state index contributed by atoms with van der Waals surface area (Å²) in [5.41, 5.74) is 0.912. The van der Waals surface area contributed by atoms with Crippen LogP contribution in [0, 0.1) is 0 Å². The Morgan fingerprint density at radius 1 is 1.33 bits per heavy atom. The number of benzene rings is 1. The number of ether oxygens (including phenoxy) is 2. The Kier molecular flexibility index (Phi) is 4.31. The molecule has 1 aromatic carbocycles. The third kappa shape index (κ3) is 3.28. The zero-order valence-electron chi connectivity index (χ0n) is 13.0. The minimum absolute atomic E-state index is 0.0176. The van der Waals surface area contributed by atoms with E-state index < -0.39 is 33.9 Å². The SMILES string of the molecule is COC(=O)C=C1C(=O)OC2CS(=O)(=O)CC2N1Cc1ccccc1. The molecule has 2 atom stereocenters. The van der Waals surface area contributed by atoms with Crippen molar-refractivity contribution >= 4 is 21.8 Å². The second kappa shape index (κ2) is 6.27. The standard InChI is InChI=1S/C16H17NO6S/c1-22-15(18)7-12-16(19)23-14-10-24(20,21)9-13(14)17(12)8-11-5-3-2-4-6-11/h2-7,13-14H,8-10H2,1H3. The summed E-state index contributed by atoms with van der Waals surface area (Å²) in [6.07, 6.45) is 0.327. The summed E-state index contributed by atoms with van der Waals surface area (Å²) in [6, 6.07) is 8.79. The predicted octanol–water partition coefficient (Wildman–Crippen LogP) is 0.268. The van der Waals surface area contributed by atoms with Crippen LogP contribution in [0.15, 0.2) is 42.1 Å². The van der Waals surface area contributed by atoms with Gasteiger partial charge in [-0.1, -0.05) is 30.3 Å². The lowest BCUT2D eigenvalue weighted by Gasteiger charge is -2.38. The van der Waals surface area contributed by atoms with E-state index >= 15 is 0 Å². The second-order valence-electron chi connectivity index (χ2n) is 5.75. The smallest absolute Gasteiger partial charge is 0.355 e. The summed E-state index contributed by atoms with van der Waals surface area (Å²) in [5, 5.41) is 0. The van der Waals surface area contributed by atoms with Gasteiger partial charge in [0.05, 0.1) is 30.7 Å². The van der Waals surface area contributed by atoms with Gasteiger partial charge in [-0.25, -0.2) is 18.0 Å². The lowest BCUT2D eigenvalue weighted by molar-refractivity contribution is -0.155. The average Bonchev–Trinajstić information content (AvgIpc) is 2.85. The van der Waals surface area contributed by atoms with Crippen LogP contribution in [0.25, 0.3) is 0 Å². The van der Waals surface area contributed by atoms with Crippen molar-refractivity contribution < 1.29 is 27.5 Å². The Balaban J connectivity index is 1.99. The molecule has 2 saturated heterocycles. The molecular formula is C16H17NO6S.